The van der Waals surface area contributed by atoms with Gasteiger partial charge < -0.3 is 10.3 Å². The van der Waals surface area contributed by atoms with E-state index >= 15 is 0 Å². The molecule has 0 spiro atoms. The van der Waals surface area contributed by atoms with Gasteiger partial charge in [-0.05, 0) is 48.4 Å². The molecule has 0 aliphatic carbocycles. The van der Waals surface area contributed by atoms with Crippen LogP contribution in [0, 0.1) is 6.92 Å². The van der Waals surface area contributed by atoms with E-state index < -0.39 is 0 Å². The Morgan fingerprint density at radius 1 is 1.43 bits per heavy atom. The molecule has 2 N–H and O–H groups in total. The number of aromatic amines is 1. The zero-order chi connectivity index (χ0) is 16.2. The smallest absolute Gasteiger partial charge is 0.220 e. The van der Waals surface area contributed by atoms with Crippen molar-refractivity contribution in [3.63, 3.8) is 0 Å². The number of H-pyrrole nitrogens is 1. The highest BCUT2D eigenvalue weighted by Gasteiger charge is 2.13. The average molecular weight is 313 g/mol. The van der Waals surface area contributed by atoms with Crippen molar-refractivity contribution < 1.29 is 4.79 Å². The summed E-state index contributed by atoms with van der Waals surface area (Å²) in [7, 11) is 0. The lowest BCUT2D eigenvalue weighted by molar-refractivity contribution is -0.121. The maximum absolute atomic E-state index is 12.0. The van der Waals surface area contributed by atoms with E-state index in [1.165, 1.54) is 11.9 Å². The van der Waals surface area contributed by atoms with Gasteiger partial charge in [0.1, 0.15) is 12.2 Å². The summed E-state index contributed by atoms with van der Waals surface area (Å²) in [4.78, 5) is 19.8. The Balaban J connectivity index is 1.54. The van der Waals surface area contributed by atoms with Crippen LogP contribution in [0.3, 0.4) is 0 Å². The van der Waals surface area contributed by atoms with Crippen LogP contribution in [0.5, 0.6) is 0 Å². The highest BCUT2D eigenvalue weighted by atomic mass is 16.1. The van der Waals surface area contributed by atoms with E-state index in [4.69, 9.17) is 0 Å². The maximum Gasteiger partial charge on any atom is 0.220 e. The van der Waals surface area contributed by atoms with Crippen molar-refractivity contribution in [2.24, 2.45) is 0 Å². The van der Waals surface area contributed by atoms with Gasteiger partial charge in [-0.25, -0.2) is 9.67 Å². The highest BCUT2D eigenvalue weighted by molar-refractivity contribution is 5.77. The van der Waals surface area contributed by atoms with Gasteiger partial charge in [-0.2, -0.15) is 0 Å². The number of hydrogen-bond donors (Lipinski definition) is 2. The molecule has 0 radical (unpaired) electrons. The van der Waals surface area contributed by atoms with Crippen molar-refractivity contribution in [1.82, 2.24) is 35.5 Å². The van der Waals surface area contributed by atoms with E-state index in [-0.39, 0.29) is 11.9 Å². The van der Waals surface area contributed by atoms with Crippen molar-refractivity contribution in [2.45, 2.75) is 39.3 Å². The molecule has 8 heteroatoms. The fraction of sp³-hybridized carbons (Fsp3) is 0.400. The van der Waals surface area contributed by atoms with Gasteiger partial charge in [-0.1, -0.05) is 6.07 Å². The number of aryl methyl sites for hydroxylation is 2. The van der Waals surface area contributed by atoms with E-state index in [9.17, 15) is 4.79 Å². The maximum atomic E-state index is 12.0. The van der Waals surface area contributed by atoms with Gasteiger partial charge in [0, 0.05) is 13.0 Å². The molecule has 0 saturated carbocycles. The normalized spacial score (nSPS) is 12.4. The number of imidazole rings is 1. The molecule has 0 unspecified atom stereocenters. The molecule has 23 heavy (non-hydrogen) atoms. The lowest BCUT2D eigenvalue weighted by atomic mass is 10.2. The number of hydrogen-bond acceptors (Lipinski definition) is 5. The number of amides is 1. The Bertz CT molecular complexity index is 793. The first kappa shape index (κ1) is 15.1. The summed E-state index contributed by atoms with van der Waals surface area (Å²) >= 11 is 0. The Hall–Kier alpha value is -2.77. The van der Waals surface area contributed by atoms with Crippen LogP contribution in [0.4, 0.5) is 0 Å². The van der Waals surface area contributed by atoms with Gasteiger partial charge in [0.2, 0.25) is 5.91 Å². The summed E-state index contributed by atoms with van der Waals surface area (Å²) in [6.45, 7) is 4.58. The molecule has 1 aromatic carbocycles. The van der Waals surface area contributed by atoms with Crippen LogP contribution in [0.25, 0.3) is 11.0 Å². The van der Waals surface area contributed by atoms with Crippen LogP contribution in [0.2, 0.25) is 0 Å². The molecule has 2 heterocycles. The number of carbonyl (C=O) groups excluding carboxylic acids is 1. The van der Waals surface area contributed by atoms with E-state index in [2.05, 4.69) is 30.8 Å². The molecule has 3 aromatic rings. The third-order valence-corrected chi connectivity index (χ3v) is 3.63. The Labute approximate surface area is 133 Å². The van der Waals surface area contributed by atoms with Gasteiger partial charge in [0.25, 0.3) is 0 Å². The third-order valence-electron chi connectivity index (χ3n) is 3.63. The number of carbonyl (C=O) groups is 1. The van der Waals surface area contributed by atoms with Crippen molar-refractivity contribution in [2.75, 3.05) is 0 Å². The molecule has 120 valence electrons. The van der Waals surface area contributed by atoms with Crippen LogP contribution in [-0.2, 0) is 11.3 Å². The first-order valence-electron chi connectivity index (χ1n) is 7.58. The first-order chi connectivity index (χ1) is 11.1. The van der Waals surface area contributed by atoms with E-state index in [0.717, 1.165) is 16.9 Å². The number of rotatable bonds is 6. The SMILES string of the molecule is Cc1ccc2nc([C@@H](C)NC(=O)CCCn3cnnn3)[nH]c2c1. The number of benzene rings is 1. The lowest BCUT2D eigenvalue weighted by Crippen LogP contribution is -2.27. The molecule has 0 aliphatic heterocycles. The summed E-state index contributed by atoms with van der Waals surface area (Å²) in [5.74, 6) is 0.752. The molecular weight excluding hydrogens is 294 g/mol. The second-order valence-corrected chi connectivity index (χ2v) is 5.61. The molecule has 0 aliphatic rings. The van der Waals surface area contributed by atoms with Crippen LogP contribution in [0.1, 0.15) is 37.2 Å². The third kappa shape index (κ3) is 3.71. The predicted octanol–water partition coefficient (Wildman–Crippen LogP) is 1.52. The van der Waals surface area contributed by atoms with Gasteiger partial charge in [0.15, 0.2) is 0 Å². The number of tetrazole rings is 1. The van der Waals surface area contributed by atoms with Crippen LogP contribution in [-0.4, -0.2) is 36.1 Å². The minimum absolute atomic E-state index is 0.0118. The highest BCUT2D eigenvalue weighted by Crippen LogP contribution is 2.17. The molecule has 1 amide bonds. The van der Waals surface area contributed by atoms with Gasteiger partial charge in [-0.3, -0.25) is 4.79 Å². The fourth-order valence-corrected chi connectivity index (χ4v) is 2.41. The largest absolute Gasteiger partial charge is 0.346 e. The summed E-state index contributed by atoms with van der Waals surface area (Å²) < 4.78 is 1.61. The predicted molar refractivity (Wildman–Crippen MR) is 84.4 cm³/mol. The Morgan fingerprint density at radius 2 is 2.30 bits per heavy atom. The first-order valence-corrected chi connectivity index (χ1v) is 7.58. The van der Waals surface area contributed by atoms with E-state index in [0.29, 0.717) is 19.4 Å². The fourth-order valence-electron chi connectivity index (χ4n) is 2.41. The van der Waals surface area contributed by atoms with Gasteiger partial charge in [-0.15, -0.1) is 5.10 Å². The second-order valence-electron chi connectivity index (χ2n) is 5.61. The minimum Gasteiger partial charge on any atom is -0.346 e. The molecule has 0 fully saturated rings. The number of nitrogens with zero attached hydrogens (tertiary/aromatic N) is 5. The summed E-state index contributed by atoms with van der Waals surface area (Å²) in [6, 6.07) is 5.89. The molecule has 2 aromatic heterocycles. The van der Waals surface area contributed by atoms with Crippen LogP contribution >= 0.6 is 0 Å². The van der Waals surface area contributed by atoms with Crippen molar-refractivity contribution in [3.8, 4) is 0 Å². The van der Waals surface area contributed by atoms with Gasteiger partial charge >= 0.3 is 0 Å². The Kier molecular flexibility index (Phi) is 4.31. The summed E-state index contributed by atoms with van der Waals surface area (Å²) in [5, 5.41) is 13.8. The summed E-state index contributed by atoms with van der Waals surface area (Å²) in [5.41, 5.74) is 3.07. The molecule has 3 rings (SSSR count). The molecule has 0 saturated heterocycles. The van der Waals surface area contributed by atoms with Crippen molar-refractivity contribution in [1.29, 1.82) is 0 Å². The quantitative estimate of drug-likeness (QED) is 0.718. The van der Waals surface area contributed by atoms with Gasteiger partial charge in [0.05, 0.1) is 17.1 Å². The molecule has 0 bridgehead atoms. The standard InChI is InChI=1S/C15H19N7O/c1-10-5-6-12-13(8-10)19-15(18-12)11(2)17-14(23)4-3-7-22-9-16-20-21-22/h5-6,8-9,11H,3-4,7H2,1-2H3,(H,17,23)(H,18,19)/t11-/m1/s1. The van der Waals surface area contributed by atoms with Crippen molar-refractivity contribution in [3.05, 3.63) is 35.9 Å². The molecule has 8 nitrogen and oxygen atoms in total. The Morgan fingerprint density at radius 3 is 3.09 bits per heavy atom. The summed E-state index contributed by atoms with van der Waals surface area (Å²) in [6.07, 6.45) is 2.64. The topological polar surface area (TPSA) is 101 Å². The number of nitrogens with one attached hydrogen (secondary N) is 2. The van der Waals surface area contributed by atoms with E-state index in [1.807, 2.05) is 32.0 Å². The minimum atomic E-state index is -0.164. The molecule has 1 atom stereocenters. The van der Waals surface area contributed by atoms with Crippen LogP contribution in [0.15, 0.2) is 24.5 Å². The van der Waals surface area contributed by atoms with Crippen molar-refractivity contribution >= 4 is 16.9 Å². The number of fused-ring (bicyclic) bond motifs is 1. The average Bonchev–Trinajstić information content (AvgIpc) is 3.15. The second kappa shape index (κ2) is 6.55. The lowest BCUT2D eigenvalue weighted by Gasteiger charge is -2.11. The molecular formula is C15H19N7O. The zero-order valence-electron chi connectivity index (χ0n) is 13.2. The zero-order valence-corrected chi connectivity index (χ0v) is 13.2. The van der Waals surface area contributed by atoms with E-state index in [1.54, 1.807) is 4.68 Å². The van der Waals surface area contributed by atoms with Crippen LogP contribution < -0.4 is 5.32 Å². The number of aromatic nitrogens is 6. The monoisotopic (exact) mass is 313 g/mol.